The first-order chi connectivity index (χ1) is 11.1. The zero-order valence-corrected chi connectivity index (χ0v) is 13.2. The number of carbonyl (C=O) groups excluding carboxylic acids is 2. The molecule has 1 aromatic carbocycles. The van der Waals surface area contributed by atoms with Crippen molar-refractivity contribution < 1.29 is 9.59 Å². The second-order valence-corrected chi connectivity index (χ2v) is 5.67. The molecule has 1 heterocycles. The van der Waals surface area contributed by atoms with Crippen LogP contribution in [0.25, 0.3) is 0 Å². The highest BCUT2D eigenvalue weighted by molar-refractivity contribution is 6.03. The maximum absolute atomic E-state index is 12.4. The van der Waals surface area contributed by atoms with Crippen LogP contribution in [-0.2, 0) is 11.3 Å². The van der Waals surface area contributed by atoms with Crippen LogP contribution in [0.4, 0.5) is 5.69 Å². The Hall–Kier alpha value is -2.63. The number of hydrogen-bond acceptors (Lipinski definition) is 3. The number of carbonyl (C=O) groups is 2. The number of benzene rings is 1. The molecule has 0 bridgehead atoms. The maximum atomic E-state index is 12.4. The van der Waals surface area contributed by atoms with E-state index in [-0.39, 0.29) is 29.3 Å². The molecule has 0 radical (unpaired) electrons. The molecule has 2 atom stereocenters. The third-order valence-electron chi connectivity index (χ3n) is 4.14. The molecule has 6 heteroatoms. The van der Waals surface area contributed by atoms with E-state index in [1.807, 2.05) is 37.3 Å². The molecule has 1 aliphatic rings. The van der Waals surface area contributed by atoms with Gasteiger partial charge in [0.2, 0.25) is 5.91 Å². The van der Waals surface area contributed by atoms with Gasteiger partial charge in [0.25, 0.3) is 5.91 Å². The summed E-state index contributed by atoms with van der Waals surface area (Å²) in [6.07, 6.45) is 2.54. The molecule has 0 spiro atoms. The van der Waals surface area contributed by atoms with E-state index in [0.29, 0.717) is 12.2 Å². The van der Waals surface area contributed by atoms with Gasteiger partial charge in [-0.05, 0) is 24.8 Å². The lowest BCUT2D eigenvalue weighted by Gasteiger charge is -2.04. The molecule has 1 aliphatic carbocycles. The summed E-state index contributed by atoms with van der Waals surface area (Å²) in [5.41, 5.74) is 1.90. The minimum atomic E-state index is -0.303. The van der Waals surface area contributed by atoms with Gasteiger partial charge in [0.1, 0.15) is 0 Å². The third kappa shape index (κ3) is 3.11. The lowest BCUT2D eigenvalue weighted by atomic mass is 10.1. The first-order valence-electron chi connectivity index (χ1n) is 7.79. The molecular formula is C17H20N4O2. The molecule has 2 unspecified atom stereocenters. The van der Waals surface area contributed by atoms with Crippen molar-refractivity contribution in [1.29, 1.82) is 0 Å². The van der Waals surface area contributed by atoms with Gasteiger partial charge in [-0.1, -0.05) is 30.3 Å². The van der Waals surface area contributed by atoms with Gasteiger partial charge in [0.15, 0.2) is 5.69 Å². The van der Waals surface area contributed by atoms with Crippen molar-refractivity contribution in [3.05, 3.63) is 47.8 Å². The van der Waals surface area contributed by atoms with Crippen molar-refractivity contribution in [2.75, 3.05) is 12.4 Å². The smallest absolute Gasteiger partial charge is 0.273 e. The lowest BCUT2D eigenvalue weighted by molar-refractivity contribution is -0.117. The molecule has 6 nitrogen and oxygen atoms in total. The fourth-order valence-electron chi connectivity index (χ4n) is 2.74. The summed E-state index contributed by atoms with van der Waals surface area (Å²) in [5.74, 6) is -0.136. The van der Waals surface area contributed by atoms with Gasteiger partial charge in [0.05, 0.1) is 5.69 Å². The van der Waals surface area contributed by atoms with E-state index in [2.05, 4.69) is 15.7 Å². The van der Waals surface area contributed by atoms with Crippen LogP contribution in [0.2, 0.25) is 0 Å². The summed E-state index contributed by atoms with van der Waals surface area (Å²) in [4.78, 5) is 24.3. The minimum Gasteiger partial charge on any atom is -0.354 e. The summed E-state index contributed by atoms with van der Waals surface area (Å²) in [6.45, 7) is 2.56. The van der Waals surface area contributed by atoms with Crippen molar-refractivity contribution in [3.8, 4) is 0 Å². The Morgan fingerprint density at radius 2 is 2.04 bits per heavy atom. The van der Waals surface area contributed by atoms with Gasteiger partial charge in [-0.15, -0.1) is 0 Å². The average Bonchev–Trinajstić information content (AvgIpc) is 3.29. The fourth-order valence-corrected chi connectivity index (χ4v) is 2.74. The third-order valence-corrected chi connectivity index (χ3v) is 4.14. The topological polar surface area (TPSA) is 76.0 Å². The monoisotopic (exact) mass is 312 g/mol. The van der Waals surface area contributed by atoms with E-state index in [1.165, 1.54) is 5.56 Å². The quantitative estimate of drug-likeness (QED) is 0.886. The van der Waals surface area contributed by atoms with Crippen molar-refractivity contribution in [2.24, 2.45) is 5.92 Å². The summed E-state index contributed by atoms with van der Waals surface area (Å²) >= 11 is 0. The molecule has 0 saturated heterocycles. The van der Waals surface area contributed by atoms with Gasteiger partial charge < -0.3 is 10.6 Å². The maximum Gasteiger partial charge on any atom is 0.273 e. The highest BCUT2D eigenvalue weighted by atomic mass is 16.2. The molecule has 1 aromatic heterocycles. The Morgan fingerprint density at radius 1 is 1.30 bits per heavy atom. The van der Waals surface area contributed by atoms with Crippen LogP contribution in [0.3, 0.4) is 0 Å². The number of nitrogens with zero attached hydrogens (tertiary/aromatic N) is 2. The van der Waals surface area contributed by atoms with Gasteiger partial charge >= 0.3 is 0 Å². The highest BCUT2D eigenvalue weighted by Gasteiger charge is 2.44. The molecule has 2 aromatic rings. The lowest BCUT2D eigenvalue weighted by Crippen LogP contribution is -2.22. The first-order valence-corrected chi connectivity index (χ1v) is 7.79. The molecular weight excluding hydrogens is 292 g/mol. The van der Waals surface area contributed by atoms with Crippen LogP contribution < -0.4 is 10.6 Å². The highest BCUT2D eigenvalue weighted by Crippen LogP contribution is 2.47. The average molecular weight is 312 g/mol. The van der Waals surface area contributed by atoms with Gasteiger partial charge in [-0.25, -0.2) is 0 Å². The predicted octanol–water partition coefficient (Wildman–Crippen LogP) is 2.00. The van der Waals surface area contributed by atoms with Gasteiger partial charge in [-0.3, -0.25) is 14.3 Å². The zero-order valence-electron chi connectivity index (χ0n) is 13.2. The number of rotatable bonds is 5. The number of anilines is 1. The van der Waals surface area contributed by atoms with Crippen LogP contribution in [0.5, 0.6) is 0 Å². The number of amides is 2. The summed E-state index contributed by atoms with van der Waals surface area (Å²) < 4.78 is 1.64. The number of aromatic nitrogens is 2. The van der Waals surface area contributed by atoms with Crippen LogP contribution in [0.15, 0.2) is 36.5 Å². The molecule has 1 saturated carbocycles. The van der Waals surface area contributed by atoms with E-state index in [4.69, 9.17) is 0 Å². The molecule has 0 aliphatic heterocycles. The Balaban J connectivity index is 1.72. The van der Waals surface area contributed by atoms with Crippen LogP contribution >= 0.6 is 0 Å². The summed E-state index contributed by atoms with van der Waals surface area (Å²) in [7, 11) is 1.55. The number of hydrogen-bond donors (Lipinski definition) is 2. The second kappa shape index (κ2) is 6.24. The van der Waals surface area contributed by atoms with Crippen molar-refractivity contribution in [3.63, 3.8) is 0 Å². The first kappa shape index (κ1) is 15.3. The Labute approximate surface area is 134 Å². The SMILES string of the molecule is CCn1cc(NC(=O)C2CC2c2ccccc2)c(C(=O)NC)n1. The van der Waals surface area contributed by atoms with E-state index in [0.717, 1.165) is 6.42 Å². The Morgan fingerprint density at radius 3 is 2.70 bits per heavy atom. The van der Waals surface area contributed by atoms with Crippen molar-refractivity contribution in [1.82, 2.24) is 15.1 Å². The van der Waals surface area contributed by atoms with Crippen LogP contribution in [-0.4, -0.2) is 28.6 Å². The standard InChI is InChI=1S/C17H20N4O2/c1-3-21-10-14(15(20-21)17(23)18-2)19-16(22)13-9-12(13)11-7-5-4-6-8-11/h4-8,10,12-13H,3,9H2,1-2H3,(H,18,23)(H,19,22). The Bertz CT molecular complexity index is 723. The molecule has 3 rings (SSSR count). The normalized spacial score (nSPS) is 19.2. The van der Waals surface area contributed by atoms with E-state index in [1.54, 1.807) is 17.9 Å². The molecule has 23 heavy (non-hydrogen) atoms. The van der Waals surface area contributed by atoms with E-state index in [9.17, 15) is 9.59 Å². The van der Waals surface area contributed by atoms with Crippen LogP contribution in [0.1, 0.15) is 35.3 Å². The van der Waals surface area contributed by atoms with E-state index >= 15 is 0 Å². The number of nitrogens with one attached hydrogen (secondary N) is 2. The molecule has 2 N–H and O–H groups in total. The van der Waals surface area contributed by atoms with E-state index < -0.39 is 0 Å². The fraction of sp³-hybridized carbons (Fsp3) is 0.353. The predicted molar refractivity (Wildman–Crippen MR) is 87.2 cm³/mol. The minimum absolute atomic E-state index is 0.0417. The summed E-state index contributed by atoms with van der Waals surface area (Å²) in [5, 5.41) is 9.60. The van der Waals surface area contributed by atoms with Gasteiger partial charge in [-0.2, -0.15) is 5.10 Å². The second-order valence-electron chi connectivity index (χ2n) is 5.67. The molecule has 2 amide bonds. The zero-order chi connectivity index (χ0) is 16.4. The van der Waals surface area contributed by atoms with Crippen molar-refractivity contribution >= 4 is 17.5 Å². The largest absolute Gasteiger partial charge is 0.354 e. The summed E-state index contributed by atoms with van der Waals surface area (Å²) in [6, 6.07) is 10.0. The van der Waals surface area contributed by atoms with Crippen LogP contribution in [0, 0.1) is 5.92 Å². The van der Waals surface area contributed by atoms with Crippen molar-refractivity contribution in [2.45, 2.75) is 25.8 Å². The van der Waals surface area contributed by atoms with Gasteiger partial charge in [0, 0.05) is 25.7 Å². The Kier molecular flexibility index (Phi) is 4.14. The molecule has 1 fully saturated rings. The molecule has 120 valence electrons. The number of aryl methyl sites for hydroxylation is 1.